The second-order valence-corrected chi connectivity index (χ2v) is 8.26. The van der Waals surface area contributed by atoms with Crippen LogP contribution in [-0.4, -0.2) is 34.9 Å². The van der Waals surface area contributed by atoms with Crippen molar-refractivity contribution in [2.24, 2.45) is 10.9 Å². The molecule has 31 heavy (non-hydrogen) atoms. The van der Waals surface area contributed by atoms with Crippen molar-refractivity contribution in [2.75, 3.05) is 14.1 Å². The highest BCUT2D eigenvalue weighted by molar-refractivity contribution is 5.94. The Morgan fingerprint density at radius 2 is 1.81 bits per heavy atom. The summed E-state index contributed by atoms with van der Waals surface area (Å²) in [7, 11) is 4.10. The molecular weight excluding hydrogens is 384 g/mol. The van der Waals surface area contributed by atoms with Crippen molar-refractivity contribution >= 4 is 16.6 Å². The van der Waals surface area contributed by atoms with Gasteiger partial charge in [0.05, 0.1) is 40.5 Å². The molecular formula is C25H24N6. The Bertz CT molecular complexity index is 1280. The lowest BCUT2D eigenvalue weighted by Crippen LogP contribution is -2.24. The van der Waals surface area contributed by atoms with Crippen molar-refractivity contribution in [1.82, 2.24) is 15.1 Å². The van der Waals surface area contributed by atoms with Gasteiger partial charge < -0.3 is 4.90 Å². The number of nitrogens with one attached hydrogen (secondary N) is 1. The van der Waals surface area contributed by atoms with Crippen molar-refractivity contribution < 1.29 is 0 Å². The van der Waals surface area contributed by atoms with E-state index in [1.165, 1.54) is 5.56 Å². The number of hydrogen-bond acceptors (Lipinski definition) is 5. The van der Waals surface area contributed by atoms with Crippen LogP contribution in [0, 0.1) is 28.6 Å². The van der Waals surface area contributed by atoms with Crippen molar-refractivity contribution in [2.45, 2.75) is 26.3 Å². The van der Waals surface area contributed by atoms with Gasteiger partial charge in [-0.2, -0.15) is 15.6 Å². The summed E-state index contributed by atoms with van der Waals surface area (Å²) in [6.45, 7) is 4.57. The van der Waals surface area contributed by atoms with Crippen molar-refractivity contribution in [3.05, 3.63) is 64.9 Å². The first-order chi connectivity index (χ1) is 14.9. The fraction of sp³-hybridized carbons (Fsp3) is 0.280. The third-order valence-corrected chi connectivity index (χ3v) is 5.76. The molecule has 1 aliphatic rings. The van der Waals surface area contributed by atoms with E-state index in [1.54, 1.807) is 0 Å². The Labute approximate surface area is 182 Å². The second kappa shape index (κ2) is 8.18. The van der Waals surface area contributed by atoms with E-state index < -0.39 is 5.92 Å². The molecule has 0 bridgehead atoms. The highest BCUT2D eigenvalue weighted by Crippen LogP contribution is 2.40. The van der Waals surface area contributed by atoms with E-state index in [9.17, 15) is 10.5 Å². The van der Waals surface area contributed by atoms with E-state index in [4.69, 9.17) is 0 Å². The van der Waals surface area contributed by atoms with Gasteiger partial charge in [-0.1, -0.05) is 30.3 Å². The first-order valence-corrected chi connectivity index (χ1v) is 10.2. The van der Waals surface area contributed by atoms with Gasteiger partial charge in [0, 0.05) is 29.1 Å². The number of aromatic amines is 1. The number of aromatic nitrogens is 2. The molecule has 2 atom stereocenters. The van der Waals surface area contributed by atoms with Crippen LogP contribution < -0.4 is 0 Å². The van der Waals surface area contributed by atoms with Crippen LogP contribution in [0.2, 0.25) is 0 Å². The molecule has 1 aliphatic heterocycles. The molecule has 0 fully saturated rings. The van der Waals surface area contributed by atoms with Crippen molar-refractivity contribution in [3.63, 3.8) is 0 Å². The maximum absolute atomic E-state index is 9.80. The second-order valence-electron chi connectivity index (χ2n) is 8.26. The SMILES string of the molecule is CC1=NC(C)=C(C#N)C(c2ccc3[nH]nc(-c4ccc(CN(C)C)cc4)c3c2)C1C#N. The minimum atomic E-state index is -0.462. The topological polar surface area (TPSA) is 91.9 Å². The Kier molecular flexibility index (Phi) is 5.42. The van der Waals surface area contributed by atoms with Crippen LogP contribution in [0.25, 0.3) is 22.2 Å². The Morgan fingerprint density at radius 3 is 2.45 bits per heavy atom. The molecule has 1 aromatic heterocycles. The Hall–Kier alpha value is -3.74. The molecule has 2 aromatic carbocycles. The van der Waals surface area contributed by atoms with Gasteiger partial charge in [0.2, 0.25) is 0 Å². The fourth-order valence-corrected chi connectivity index (χ4v) is 4.28. The molecule has 6 heteroatoms. The largest absolute Gasteiger partial charge is 0.305 e. The van der Waals surface area contributed by atoms with E-state index in [1.807, 2.05) is 26.0 Å². The number of rotatable bonds is 4. The zero-order valence-electron chi connectivity index (χ0n) is 18.1. The first-order valence-electron chi connectivity index (χ1n) is 10.2. The molecule has 3 aromatic rings. The third kappa shape index (κ3) is 3.74. The lowest BCUT2D eigenvalue weighted by Gasteiger charge is -2.26. The van der Waals surface area contributed by atoms with Crippen LogP contribution in [-0.2, 0) is 6.54 Å². The third-order valence-electron chi connectivity index (χ3n) is 5.76. The summed E-state index contributed by atoms with van der Waals surface area (Å²) in [5.74, 6) is -0.793. The van der Waals surface area contributed by atoms with E-state index in [0.29, 0.717) is 11.3 Å². The minimum absolute atomic E-state index is 0.331. The highest BCUT2D eigenvalue weighted by atomic mass is 15.1. The van der Waals surface area contributed by atoms with Gasteiger partial charge in [0.1, 0.15) is 0 Å². The number of aliphatic imine (C=N–C) groups is 1. The number of nitrogens with zero attached hydrogens (tertiary/aromatic N) is 5. The van der Waals surface area contributed by atoms with Crippen LogP contribution in [0.4, 0.5) is 0 Å². The van der Waals surface area contributed by atoms with E-state index in [2.05, 4.69) is 76.7 Å². The predicted octanol–water partition coefficient (Wildman–Crippen LogP) is 4.79. The summed E-state index contributed by atoms with van der Waals surface area (Å²) >= 11 is 0. The summed E-state index contributed by atoms with van der Waals surface area (Å²) < 4.78 is 0. The van der Waals surface area contributed by atoms with Crippen LogP contribution in [0.3, 0.4) is 0 Å². The Morgan fingerprint density at radius 1 is 1.06 bits per heavy atom. The molecule has 2 unspecified atom stereocenters. The molecule has 0 radical (unpaired) electrons. The van der Waals surface area contributed by atoms with Gasteiger partial charge in [-0.15, -0.1) is 0 Å². The quantitative estimate of drug-likeness (QED) is 0.672. The van der Waals surface area contributed by atoms with Gasteiger partial charge in [-0.25, -0.2) is 0 Å². The lowest BCUT2D eigenvalue weighted by atomic mass is 9.76. The molecule has 4 rings (SSSR count). The molecule has 1 N–H and O–H groups in total. The summed E-state index contributed by atoms with van der Waals surface area (Å²) in [6.07, 6.45) is 0. The number of nitriles is 2. The zero-order chi connectivity index (χ0) is 22.1. The number of hydrogen-bond donors (Lipinski definition) is 1. The highest BCUT2D eigenvalue weighted by Gasteiger charge is 2.34. The molecule has 0 spiro atoms. The monoisotopic (exact) mass is 408 g/mol. The molecule has 0 aliphatic carbocycles. The molecule has 2 heterocycles. The van der Waals surface area contributed by atoms with Gasteiger partial charge in [-0.3, -0.25) is 10.1 Å². The molecule has 0 saturated heterocycles. The fourth-order valence-electron chi connectivity index (χ4n) is 4.28. The summed E-state index contributed by atoms with van der Waals surface area (Å²) in [4.78, 5) is 6.57. The van der Waals surface area contributed by atoms with Crippen molar-refractivity contribution in [3.8, 4) is 23.4 Å². The van der Waals surface area contributed by atoms with Crippen LogP contribution in [0.5, 0.6) is 0 Å². The van der Waals surface area contributed by atoms with E-state index in [-0.39, 0.29) is 5.92 Å². The van der Waals surface area contributed by atoms with Gasteiger partial charge in [0.25, 0.3) is 0 Å². The average molecular weight is 409 g/mol. The van der Waals surface area contributed by atoms with E-state index >= 15 is 0 Å². The standard InChI is InChI=1S/C25H24N6/c1-15-21(12-26)24(22(13-27)16(2)28-15)19-9-10-23-20(11-19)25(30-29-23)18-7-5-17(6-8-18)14-31(3)4/h5-11,21,24H,14H2,1-4H3,(H,29,30). The first kappa shape index (κ1) is 20.5. The van der Waals surface area contributed by atoms with Crippen LogP contribution in [0.1, 0.15) is 30.9 Å². The minimum Gasteiger partial charge on any atom is -0.305 e. The zero-order valence-corrected chi connectivity index (χ0v) is 18.1. The molecule has 154 valence electrons. The van der Waals surface area contributed by atoms with Gasteiger partial charge in [0.15, 0.2) is 0 Å². The smallest absolute Gasteiger partial charge is 0.0999 e. The normalized spacial score (nSPS) is 18.7. The average Bonchev–Trinajstić information content (AvgIpc) is 3.16. The van der Waals surface area contributed by atoms with Gasteiger partial charge in [-0.05, 0) is 51.2 Å². The Balaban J connectivity index is 1.80. The molecule has 0 amide bonds. The summed E-state index contributed by atoms with van der Waals surface area (Å²) in [5.41, 5.74) is 6.95. The molecule has 6 nitrogen and oxygen atoms in total. The molecule has 0 saturated carbocycles. The maximum atomic E-state index is 9.80. The number of fused-ring (bicyclic) bond motifs is 1. The predicted molar refractivity (Wildman–Crippen MR) is 122 cm³/mol. The summed E-state index contributed by atoms with van der Waals surface area (Å²) in [5, 5.41) is 28.2. The number of benzene rings is 2. The van der Waals surface area contributed by atoms with Crippen LogP contribution >= 0.6 is 0 Å². The lowest BCUT2D eigenvalue weighted by molar-refractivity contribution is 0.402. The maximum Gasteiger partial charge on any atom is 0.0999 e. The van der Waals surface area contributed by atoms with Crippen LogP contribution in [0.15, 0.2) is 58.7 Å². The van der Waals surface area contributed by atoms with Crippen molar-refractivity contribution in [1.29, 1.82) is 10.5 Å². The van der Waals surface area contributed by atoms with E-state index in [0.717, 1.165) is 40.0 Å². The summed E-state index contributed by atoms with van der Waals surface area (Å²) in [6, 6.07) is 19.1. The number of H-pyrrole nitrogens is 1. The van der Waals surface area contributed by atoms with Gasteiger partial charge >= 0.3 is 0 Å². The number of allylic oxidation sites excluding steroid dienone is 2.